The molecule has 1 aliphatic rings. The fraction of sp³-hybridized carbons (Fsp3) is 0.227. The van der Waals surface area contributed by atoms with Gasteiger partial charge >= 0.3 is 156 Å². The molecule has 1 aromatic heterocycles. The standard InChI is InChI=1S/C22H25N2O5PS/c1-14-15(2)29-30(26,28-14)27-13-16-5-7-17(8-6-16)22(25)24-20-12-18(9-10-19(20)23)21-4-3-11-31-21/h3-12,14-15,26,30H,13,23H2,1-2H3,(H,24,25)/t14-,15-/m1/s1. The summed E-state index contributed by atoms with van der Waals surface area (Å²) in [4.78, 5) is 24.1. The molecule has 9 heteroatoms. The predicted molar refractivity (Wildman–Crippen MR) is 125 cm³/mol. The molecule has 2 atom stereocenters. The molecule has 0 radical (unpaired) electrons. The third kappa shape index (κ3) is 5.13. The fourth-order valence-electron chi connectivity index (χ4n) is 3.14. The average Bonchev–Trinajstić information content (AvgIpc) is 3.37. The number of rotatable bonds is 6. The first kappa shape index (κ1) is 21.9. The van der Waals surface area contributed by atoms with Crippen molar-refractivity contribution >= 4 is 36.8 Å². The van der Waals surface area contributed by atoms with E-state index in [2.05, 4.69) is 5.32 Å². The van der Waals surface area contributed by atoms with E-state index in [0.29, 0.717) is 16.9 Å². The van der Waals surface area contributed by atoms with Crippen molar-refractivity contribution in [3.05, 3.63) is 71.1 Å². The van der Waals surface area contributed by atoms with Crippen LogP contribution in [0.2, 0.25) is 0 Å². The van der Waals surface area contributed by atoms with Gasteiger partial charge in [0.25, 0.3) is 0 Å². The third-order valence-electron chi connectivity index (χ3n) is 5.08. The summed E-state index contributed by atoms with van der Waals surface area (Å²) >= 11 is 1.62. The minimum atomic E-state index is -3.61. The van der Waals surface area contributed by atoms with Gasteiger partial charge in [-0.2, -0.15) is 0 Å². The van der Waals surface area contributed by atoms with E-state index >= 15 is 0 Å². The zero-order valence-corrected chi connectivity index (χ0v) is 19.0. The third-order valence-corrected chi connectivity index (χ3v) is 7.84. The predicted octanol–water partition coefficient (Wildman–Crippen LogP) is 4.99. The average molecular weight is 460 g/mol. The van der Waals surface area contributed by atoms with Crippen LogP contribution in [0.4, 0.5) is 11.4 Å². The number of carbonyl (C=O) groups excluding carboxylic acids is 1. The number of carbonyl (C=O) groups is 1. The molecule has 1 saturated heterocycles. The van der Waals surface area contributed by atoms with Gasteiger partial charge in [0.1, 0.15) is 0 Å². The molecule has 31 heavy (non-hydrogen) atoms. The van der Waals surface area contributed by atoms with Gasteiger partial charge in [-0.15, -0.1) is 11.3 Å². The zero-order chi connectivity index (χ0) is 22.0. The summed E-state index contributed by atoms with van der Waals surface area (Å²) < 4.78 is 16.4. The maximum absolute atomic E-state index is 12.7. The maximum atomic E-state index is 12.7. The number of amides is 1. The van der Waals surface area contributed by atoms with Crippen LogP contribution in [0.3, 0.4) is 0 Å². The van der Waals surface area contributed by atoms with Crippen LogP contribution >= 0.6 is 19.5 Å². The Kier molecular flexibility index (Phi) is 6.39. The molecule has 2 heterocycles. The van der Waals surface area contributed by atoms with Crippen LogP contribution in [-0.2, 0) is 20.2 Å². The SMILES string of the molecule is C[C@H]1O[PH](O)(OCc2ccc(C(=O)Nc3cc(-c4cccs4)ccc3N)cc2)O[C@@H]1C. The van der Waals surface area contributed by atoms with Crippen molar-refractivity contribution in [1.82, 2.24) is 0 Å². The van der Waals surface area contributed by atoms with Crippen LogP contribution in [0, 0.1) is 0 Å². The second-order valence-corrected chi connectivity index (χ2v) is 10.1. The van der Waals surface area contributed by atoms with E-state index in [0.717, 1.165) is 16.0 Å². The van der Waals surface area contributed by atoms with E-state index in [1.54, 1.807) is 41.7 Å². The Hall–Kier alpha value is -2.32. The van der Waals surface area contributed by atoms with Gasteiger partial charge in [-0.3, -0.25) is 0 Å². The van der Waals surface area contributed by atoms with Gasteiger partial charge in [-0.1, -0.05) is 6.07 Å². The zero-order valence-electron chi connectivity index (χ0n) is 17.2. The Labute approximate surface area is 185 Å². The van der Waals surface area contributed by atoms with Crippen LogP contribution in [-0.4, -0.2) is 23.0 Å². The molecular formula is C22H25N2O5PS. The fourth-order valence-corrected chi connectivity index (χ4v) is 5.73. The molecule has 0 bridgehead atoms. The van der Waals surface area contributed by atoms with E-state index in [-0.39, 0.29) is 24.7 Å². The van der Waals surface area contributed by atoms with Crippen LogP contribution in [0.25, 0.3) is 10.4 Å². The number of nitrogens with one attached hydrogen (secondary N) is 1. The van der Waals surface area contributed by atoms with Crippen molar-refractivity contribution in [3.8, 4) is 10.4 Å². The van der Waals surface area contributed by atoms with E-state index in [4.69, 9.17) is 19.3 Å². The molecule has 1 fully saturated rings. The number of thiophene rings is 1. The molecule has 0 unspecified atom stereocenters. The van der Waals surface area contributed by atoms with Crippen molar-refractivity contribution < 1.29 is 23.3 Å². The molecule has 7 nitrogen and oxygen atoms in total. The van der Waals surface area contributed by atoms with Gasteiger partial charge in [0.15, 0.2) is 0 Å². The van der Waals surface area contributed by atoms with Crippen molar-refractivity contribution in [2.45, 2.75) is 32.7 Å². The summed E-state index contributed by atoms with van der Waals surface area (Å²) in [5, 5.41) is 4.88. The topological polar surface area (TPSA) is 103 Å². The van der Waals surface area contributed by atoms with E-state index < -0.39 is 8.17 Å². The Bertz CT molecular complexity index is 1050. The molecule has 0 saturated carbocycles. The number of hydrogen-bond acceptors (Lipinski definition) is 7. The molecule has 4 N–H and O–H groups in total. The molecule has 1 aliphatic heterocycles. The second kappa shape index (κ2) is 9.04. The summed E-state index contributed by atoms with van der Waals surface area (Å²) in [7, 11) is -3.61. The van der Waals surface area contributed by atoms with Gasteiger partial charge in [0.05, 0.1) is 0 Å². The van der Waals surface area contributed by atoms with Crippen molar-refractivity contribution in [2.24, 2.45) is 0 Å². The van der Waals surface area contributed by atoms with Crippen molar-refractivity contribution in [3.63, 3.8) is 0 Å². The molecule has 0 aliphatic carbocycles. The molecular weight excluding hydrogens is 435 g/mol. The quantitative estimate of drug-likeness (QED) is 0.354. The van der Waals surface area contributed by atoms with Gasteiger partial charge in [0, 0.05) is 0 Å². The van der Waals surface area contributed by atoms with Gasteiger partial charge in [0.2, 0.25) is 0 Å². The number of anilines is 2. The monoisotopic (exact) mass is 460 g/mol. The van der Waals surface area contributed by atoms with Crippen LogP contribution in [0.15, 0.2) is 60.0 Å². The van der Waals surface area contributed by atoms with Crippen molar-refractivity contribution in [1.29, 1.82) is 0 Å². The normalized spacial score (nSPS) is 21.0. The minimum absolute atomic E-state index is 0.125. The van der Waals surface area contributed by atoms with Crippen LogP contribution in [0.1, 0.15) is 29.8 Å². The van der Waals surface area contributed by atoms with Crippen molar-refractivity contribution in [2.75, 3.05) is 11.1 Å². The van der Waals surface area contributed by atoms with Gasteiger partial charge < -0.3 is 0 Å². The summed E-state index contributed by atoms with van der Waals surface area (Å²) in [6, 6.07) is 16.5. The Morgan fingerprint density at radius 3 is 2.52 bits per heavy atom. The molecule has 2 aromatic carbocycles. The molecule has 1 amide bonds. The van der Waals surface area contributed by atoms with Crippen LogP contribution < -0.4 is 11.1 Å². The Morgan fingerprint density at radius 1 is 1.16 bits per heavy atom. The second-order valence-electron chi connectivity index (χ2n) is 7.39. The first-order valence-electron chi connectivity index (χ1n) is 9.89. The van der Waals surface area contributed by atoms with Gasteiger partial charge in [-0.05, 0) is 11.4 Å². The summed E-state index contributed by atoms with van der Waals surface area (Å²) in [5.74, 6) is -0.263. The summed E-state index contributed by atoms with van der Waals surface area (Å²) in [5.41, 5.74) is 9.38. The molecule has 4 rings (SSSR count). The Morgan fingerprint density at radius 2 is 1.87 bits per heavy atom. The van der Waals surface area contributed by atoms with E-state index in [1.807, 2.05) is 43.5 Å². The molecule has 0 spiro atoms. The van der Waals surface area contributed by atoms with Gasteiger partial charge in [-0.25, -0.2) is 0 Å². The number of nitrogen functional groups attached to an aromatic ring is 1. The number of benzene rings is 2. The first-order chi connectivity index (χ1) is 14.8. The summed E-state index contributed by atoms with van der Waals surface area (Å²) in [6.45, 7) is 3.78. The number of nitrogens with two attached hydrogens (primary N) is 1. The Balaban J connectivity index is 1.39. The molecule has 3 aromatic rings. The molecule has 164 valence electrons. The van der Waals surface area contributed by atoms with E-state index in [9.17, 15) is 9.69 Å². The first-order valence-corrected chi connectivity index (χ1v) is 12.4. The van der Waals surface area contributed by atoms with E-state index in [1.165, 1.54) is 0 Å². The summed E-state index contributed by atoms with van der Waals surface area (Å²) in [6.07, 6.45) is -0.429. The van der Waals surface area contributed by atoms with Crippen LogP contribution in [0.5, 0.6) is 0 Å². The number of hydrogen-bond donors (Lipinski definition) is 3.